The number of carbonyl (C=O) groups is 1. The Morgan fingerprint density at radius 3 is 3.10 bits per heavy atom. The van der Waals surface area contributed by atoms with Crippen LogP contribution in [0.5, 0.6) is 0 Å². The Balaban J connectivity index is 1.73. The van der Waals surface area contributed by atoms with Crippen LogP contribution in [0.1, 0.15) is 35.9 Å². The molecule has 1 amide bonds. The van der Waals surface area contributed by atoms with Crippen LogP contribution in [0.4, 0.5) is 0 Å². The fourth-order valence-corrected chi connectivity index (χ4v) is 3.09. The normalized spacial score (nSPS) is 21.9. The fraction of sp³-hybridized carbons (Fsp3) is 0.333. The SMILES string of the molecule is CC1(NC(=O)c2cnc(-c3ccco3)s2)CC=CCC1. The summed E-state index contributed by atoms with van der Waals surface area (Å²) in [5.41, 5.74) is -0.152. The highest BCUT2D eigenvalue weighted by molar-refractivity contribution is 7.16. The Kier molecular flexibility index (Phi) is 3.44. The third-order valence-corrected chi connectivity index (χ3v) is 4.49. The third kappa shape index (κ3) is 2.67. The molecule has 0 fully saturated rings. The summed E-state index contributed by atoms with van der Waals surface area (Å²) in [4.78, 5) is 17.2. The van der Waals surface area contributed by atoms with E-state index in [1.165, 1.54) is 11.3 Å². The molecule has 4 nitrogen and oxygen atoms in total. The van der Waals surface area contributed by atoms with Crippen LogP contribution in [-0.4, -0.2) is 16.4 Å². The van der Waals surface area contributed by atoms with Crippen molar-refractivity contribution in [3.63, 3.8) is 0 Å². The monoisotopic (exact) mass is 288 g/mol. The summed E-state index contributed by atoms with van der Waals surface area (Å²) in [5.74, 6) is 0.638. The topological polar surface area (TPSA) is 55.1 Å². The number of hydrogen-bond donors (Lipinski definition) is 1. The first kappa shape index (κ1) is 13.1. The molecule has 2 aromatic rings. The van der Waals surface area contributed by atoms with Crippen LogP contribution in [-0.2, 0) is 0 Å². The predicted molar refractivity (Wildman–Crippen MR) is 78.7 cm³/mol. The molecule has 2 aromatic heterocycles. The van der Waals surface area contributed by atoms with Crippen molar-refractivity contribution < 1.29 is 9.21 Å². The standard InChI is InChI=1S/C15H16N2O2S/c1-15(7-3-2-4-8-15)17-13(18)12-10-16-14(20-12)11-6-5-9-19-11/h2-3,5-6,9-10H,4,7-8H2,1H3,(H,17,18). The third-order valence-electron chi connectivity index (χ3n) is 3.47. The van der Waals surface area contributed by atoms with E-state index in [4.69, 9.17) is 4.42 Å². The Hall–Kier alpha value is -1.88. The molecular weight excluding hydrogens is 272 g/mol. The van der Waals surface area contributed by atoms with Crippen molar-refractivity contribution in [2.45, 2.75) is 31.7 Å². The molecule has 3 rings (SSSR count). The first-order chi connectivity index (χ1) is 9.66. The van der Waals surface area contributed by atoms with Crippen LogP contribution in [0.25, 0.3) is 10.8 Å². The molecule has 0 aliphatic heterocycles. The number of hydrogen-bond acceptors (Lipinski definition) is 4. The maximum absolute atomic E-state index is 12.3. The molecule has 0 aromatic carbocycles. The maximum Gasteiger partial charge on any atom is 0.263 e. The largest absolute Gasteiger partial charge is 0.462 e. The smallest absolute Gasteiger partial charge is 0.263 e. The summed E-state index contributed by atoms with van der Waals surface area (Å²) >= 11 is 1.35. The van der Waals surface area contributed by atoms with Crippen molar-refractivity contribution in [3.8, 4) is 10.8 Å². The lowest BCUT2D eigenvalue weighted by Gasteiger charge is -2.31. The quantitative estimate of drug-likeness (QED) is 0.877. The molecule has 0 bridgehead atoms. The molecule has 1 N–H and O–H groups in total. The van der Waals surface area contributed by atoms with Crippen molar-refractivity contribution in [1.82, 2.24) is 10.3 Å². The van der Waals surface area contributed by atoms with Gasteiger partial charge in [-0.15, -0.1) is 11.3 Å². The molecule has 104 valence electrons. The minimum absolute atomic E-state index is 0.0573. The zero-order valence-electron chi connectivity index (χ0n) is 11.3. The zero-order valence-corrected chi connectivity index (χ0v) is 12.1. The van der Waals surface area contributed by atoms with Gasteiger partial charge in [0.2, 0.25) is 0 Å². The molecule has 0 saturated heterocycles. The minimum Gasteiger partial charge on any atom is -0.462 e. The lowest BCUT2D eigenvalue weighted by atomic mass is 9.87. The molecular formula is C15H16N2O2S. The average molecular weight is 288 g/mol. The molecule has 0 radical (unpaired) electrons. The second-order valence-electron chi connectivity index (χ2n) is 5.24. The van der Waals surface area contributed by atoms with Gasteiger partial charge in [0.1, 0.15) is 4.88 Å². The second kappa shape index (κ2) is 5.25. The summed E-state index contributed by atoms with van der Waals surface area (Å²) in [6.45, 7) is 2.09. The number of nitrogens with zero attached hydrogens (tertiary/aromatic N) is 1. The van der Waals surface area contributed by atoms with E-state index in [2.05, 4.69) is 29.4 Å². The van der Waals surface area contributed by atoms with Crippen molar-refractivity contribution in [3.05, 3.63) is 41.6 Å². The maximum atomic E-state index is 12.3. The lowest BCUT2D eigenvalue weighted by Crippen LogP contribution is -2.46. The van der Waals surface area contributed by atoms with E-state index in [0.717, 1.165) is 24.3 Å². The summed E-state index contributed by atoms with van der Waals surface area (Å²) in [6, 6.07) is 3.65. The van der Waals surface area contributed by atoms with Crippen LogP contribution in [0.2, 0.25) is 0 Å². The number of furan rings is 1. The fourth-order valence-electron chi connectivity index (χ4n) is 2.31. The van der Waals surface area contributed by atoms with Gasteiger partial charge in [-0.2, -0.15) is 0 Å². The molecule has 1 aliphatic carbocycles. The minimum atomic E-state index is -0.152. The Labute approximate surface area is 121 Å². The van der Waals surface area contributed by atoms with Crippen LogP contribution in [0.15, 0.2) is 41.2 Å². The molecule has 0 spiro atoms. The summed E-state index contributed by atoms with van der Waals surface area (Å²) in [5, 5.41) is 3.85. The Bertz CT molecular complexity index is 630. The molecule has 5 heteroatoms. The van der Waals surface area contributed by atoms with Gasteiger partial charge in [-0.25, -0.2) is 4.98 Å². The van der Waals surface area contributed by atoms with Crippen LogP contribution >= 0.6 is 11.3 Å². The van der Waals surface area contributed by atoms with E-state index in [9.17, 15) is 4.79 Å². The van der Waals surface area contributed by atoms with E-state index in [1.807, 2.05) is 12.1 Å². The zero-order chi connectivity index (χ0) is 14.0. The number of aromatic nitrogens is 1. The molecule has 1 atom stereocenters. The van der Waals surface area contributed by atoms with E-state index < -0.39 is 0 Å². The summed E-state index contributed by atoms with van der Waals surface area (Å²) < 4.78 is 5.29. The van der Waals surface area contributed by atoms with Gasteiger partial charge in [-0.3, -0.25) is 4.79 Å². The van der Waals surface area contributed by atoms with Crippen LogP contribution in [0, 0.1) is 0 Å². The lowest BCUT2D eigenvalue weighted by molar-refractivity contribution is 0.0904. The Morgan fingerprint density at radius 2 is 2.40 bits per heavy atom. The number of allylic oxidation sites excluding steroid dienone is 1. The highest BCUT2D eigenvalue weighted by Gasteiger charge is 2.27. The van der Waals surface area contributed by atoms with E-state index >= 15 is 0 Å². The summed E-state index contributed by atoms with van der Waals surface area (Å²) in [6.07, 6.45) is 10.4. The van der Waals surface area contributed by atoms with Gasteiger partial charge in [0.05, 0.1) is 12.5 Å². The molecule has 20 heavy (non-hydrogen) atoms. The molecule has 1 unspecified atom stereocenters. The highest BCUT2D eigenvalue weighted by atomic mass is 32.1. The predicted octanol–water partition coefficient (Wildman–Crippen LogP) is 3.63. The van der Waals surface area contributed by atoms with Gasteiger partial charge < -0.3 is 9.73 Å². The van der Waals surface area contributed by atoms with Gasteiger partial charge >= 0.3 is 0 Å². The molecule has 1 aliphatic rings. The van der Waals surface area contributed by atoms with E-state index in [0.29, 0.717) is 10.6 Å². The van der Waals surface area contributed by atoms with Crippen molar-refractivity contribution in [1.29, 1.82) is 0 Å². The van der Waals surface area contributed by atoms with Crippen LogP contribution in [0.3, 0.4) is 0 Å². The second-order valence-corrected chi connectivity index (χ2v) is 6.27. The van der Waals surface area contributed by atoms with Gasteiger partial charge in [-0.05, 0) is 38.3 Å². The first-order valence-electron chi connectivity index (χ1n) is 6.63. The summed E-state index contributed by atoms with van der Waals surface area (Å²) in [7, 11) is 0. The van der Waals surface area contributed by atoms with Gasteiger partial charge in [0, 0.05) is 5.54 Å². The average Bonchev–Trinajstić information content (AvgIpc) is 3.10. The Morgan fingerprint density at radius 1 is 1.50 bits per heavy atom. The first-order valence-corrected chi connectivity index (χ1v) is 7.45. The van der Waals surface area contributed by atoms with Crippen LogP contribution < -0.4 is 5.32 Å². The molecule has 2 heterocycles. The highest BCUT2D eigenvalue weighted by Crippen LogP contribution is 2.27. The van der Waals surface area contributed by atoms with Gasteiger partial charge in [-0.1, -0.05) is 12.2 Å². The van der Waals surface area contributed by atoms with Crippen molar-refractivity contribution in [2.24, 2.45) is 0 Å². The van der Waals surface area contributed by atoms with E-state index in [-0.39, 0.29) is 11.4 Å². The van der Waals surface area contributed by atoms with Gasteiger partial charge in [0.25, 0.3) is 5.91 Å². The number of thiazole rings is 1. The number of nitrogens with one attached hydrogen (secondary N) is 1. The number of amides is 1. The van der Waals surface area contributed by atoms with Gasteiger partial charge in [0.15, 0.2) is 10.8 Å². The van der Waals surface area contributed by atoms with Crippen molar-refractivity contribution >= 4 is 17.2 Å². The number of rotatable bonds is 3. The number of carbonyl (C=O) groups excluding carboxylic acids is 1. The van der Waals surface area contributed by atoms with Crippen molar-refractivity contribution in [2.75, 3.05) is 0 Å². The molecule has 0 saturated carbocycles. The van der Waals surface area contributed by atoms with E-state index in [1.54, 1.807) is 12.5 Å².